The van der Waals surface area contributed by atoms with E-state index < -0.39 is 0 Å². The fraction of sp³-hybridized carbons (Fsp3) is 0.625. The van der Waals surface area contributed by atoms with Gasteiger partial charge in [-0.2, -0.15) is 0 Å². The molecule has 2 rings (SSSR count). The van der Waals surface area contributed by atoms with Gasteiger partial charge in [-0.1, -0.05) is 0 Å². The van der Waals surface area contributed by atoms with Crippen molar-refractivity contribution in [3.8, 4) is 11.5 Å². The highest BCUT2D eigenvalue weighted by atomic mass is 16.5. The summed E-state index contributed by atoms with van der Waals surface area (Å²) < 4.78 is 10.9. The molecule has 1 heterocycles. The maximum absolute atomic E-state index is 5.63. The fourth-order valence-corrected chi connectivity index (χ4v) is 2.65. The quantitative estimate of drug-likeness (QED) is 0.898. The maximum Gasteiger partial charge on any atom is 0.163 e. The fourth-order valence-electron chi connectivity index (χ4n) is 2.65. The van der Waals surface area contributed by atoms with Crippen molar-refractivity contribution >= 4 is 5.69 Å². The van der Waals surface area contributed by atoms with Crippen molar-refractivity contribution in [3.63, 3.8) is 0 Å². The lowest BCUT2D eigenvalue weighted by molar-refractivity contribution is 0.311. The minimum absolute atomic E-state index is 0.544. The summed E-state index contributed by atoms with van der Waals surface area (Å²) in [7, 11) is 3.87. The van der Waals surface area contributed by atoms with Gasteiger partial charge in [-0.25, -0.2) is 0 Å². The van der Waals surface area contributed by atoms with Gasteiger partial charge in [-0.05, 0) is 58.5 Å². The van der Waals surface area contributed by atoms with Gasteiger partial charge in [0.25, 0.3) is 0 Å². The van der Waals surface area contributed by atoms with Crippen LogP contribution in [0.2, 0.25) is 0 Å². The highest BCUT2D eigenvalue weighted by Gasteiger charge is 2.15. The van der Waals surface area contributed by atoms with E-state index >= 15 is 0 Å². The van der Waals surface area contributed by atoms with Crippen LogP contribution in [0.15, 0.2) is 18.2 Å². The number of benzene rings is 1. The van der Waals surface area contributed by atoms with E-state index in [1.165, 1.54) is 25.8 Å². The number of nitrogens with one attached hydrogen (secondary N) is 1. The molecule has 0 radical (unpaired) electrons. The van der Waals surface area contributed by atoms with Crippen molar-refractivity contribution in [1.29, 1.82) is 0 Å². The molecule has 0 saturated carbocycles. The lowest BCUT2D eigenvalue weighted by Crippen LogP contribution is -2.23. The molecule has 1 saturated heterocycles. The second-order valence-corrected chi connectivity index (χ2v) is 5.37. The normalized spacial score (nSPS) is 20.2. The summed E-state index contributed by atoms with van der Waals surface area (Å²) in [5, 5.41) is 3.63. The third-order valence-corrected chi connectivity index (χ3v) is 3.79. The van der Waals surface area contributed by atoms with Crippen molar-refractivity contribution in [2.45, 2.75) is 32.2 Å². The molecule has 1 aromatic rings. The van der Waals surface area contributed by atoms with Crippen molar-refractivity contribution in [2.75, 3.05) is 39.2 Å². The molecule has 0 amide bonds. The molecule has 4 heteroatoms. The van der Waals surface area contributed by atoms with Crippen LogP contribution in [0, 0.1) is 0 Å². The van der Waals surface area contributed by atoms with Crippen LogP contribution in [-0.4, -0.2) is 44.8 Å². The van der Waals surface area contributed by atoms with Crippen LogP contribution in [0.5, 0.6) is 11.5 Å². The monoisotopic (exact) mass is 278 g/mol. The summed E-state index contributed by atoms with van der Waals surface area (Å²) in [6, 6.07) is 6.62. The molecule has 4 nitrogen and oxygen atoms in total. The molecule has 20 heavy (non-hydrogen) atoms. The third kappa shape index (κ3) is 4.04. The number of likely N-dealkylation sites (tertiary alicyclic amines) is 1. The van der Waals surface area contributed by atoms with Gasteiger partial charge in [-0.15, -0.1) is 0 Å². The lowest BCUT2D eigenvalue weighted by Gasteiger charge is -2.19. The van der Waals surface area contributed by atoms with E-state index in [0.717, 1.165) is 23.7 Å². The first-order valence-electron chi connectivity index (χ1n) is 7.49. The average molecular weight is 278 g/mol. The Kier molecular flexibility index (Phi) is 5.53. The number of methoxy groups -OCH3 is 1. The molecule has 1 aliphatic heterocycles. The molecule has 112 valence electrons. The van der Waals surface area contributed by atoms with E-state index in [-0.39, 0.29) is 0 Å². The molecule has 1 unspecified atom stereocenters. The van der Waals surface area contributed by atoms with Crippen LogP contribution >= 0.6 is 0 Å². The standard InChI is InChI=1S/C16H26N2O2/c1-4-20-16-12-14(7-8-15(16)19-3)17-13-6-5-10-18(2)11-9-13/h7-8,12-13,17H,4-6,9-11H2,1-3H3. The smallest absolute Gasteiger partial charge is 0.163 e. The third-order valence-electron chi connectivity index (χ3n) is 3.79. The minimum atomic E-state index is 0.544. The van der Waals surface area contributed by atoms with Crippen molar-refractivity contribution < 1.29 is 9.47 Å². The molecule has 1 aromatic carbocycles. The van der Waals surface area contributed by atoms with Crippen LogP contribution in [0.3, 0.4) is 0 Å². The first kappa shape index (κ1) is 15.0. The van der Waals surface area contributed by atoms with E-state index in [2.05, 4.69) is 23.3 Å². The van der Waals surface area contributed by atoms with Crippen LogP contribution < -0.4 is 14.8 Å². The van der Waals surface area contributed by atoms with Gasteiger partial charge in [0.05, 0.1) is 13.7 Å². The van der Waals surface area contributed by atoms with Gasteiger partial charge in [0, 0.05) is 17.8 Å². The summed E-state index contributed by atoms with van der Waals surface area (Å²) >= 11 is 0. The highest BCUT2D eigenvalue weighted by Crippen LogP contribution is 2.31. The Balaban J connectivity index is 2.03. The summed E-state index contributed by atoms with van der Waals surface area (Å²) in [6.07, 6.45) is 3.66. The Morgan fingerprint density at radius 3 is 2.85 bits per heavy atom. The molecule has 0 aliphatic carbocycles. The molecule has 0 bridgehead atoms. The maximum atomic E-state index is 5.63. The molecular formula is C16H26N2O2. The van der Waals surface area contributed by atoms with Crippen LogP contribution in [0.4, 0.5) is 5.69 Å². The number of hydrogen-bond donors (Lipinski definition) is 1. The van der Waals surface area contributed by atoms with E-state index in [0.29, 0.717) is 12.6 Å². The predicted octanol–water partition coefficient (Wildman–Crippen LogP) is 2.99. The second-order valence-electron chi connectivity index (χ2n) is 5.37. The number of nitrogens with zero attached hydrogens (tertiary/aromatic N) is 1. The van der Waals surface area contributed by atoms with E-state index in [1.807, 2.05) is 19.1 Å². The molecule has 0 aromatic heterocycles. The van der Waals surface area contributed by atoms with E-state index in [9.17, 15) is 0 Å². The Hall–Kier alpha value is -1.42. The molecule has 0 spiro atoms. The topological polar surface area (TPSA) is 33.7 Å². The Morgan fingerprint density at radius 1 is 1.25 bits per heavy atom. The summed E-state index contributed by atoms with van der Waals surface area (Å²) in [5.41, 5.74) is 1.11. The Bertz CT molecular complexity index is 423. The zero-order valence-corrected chi connectivity index (χ0v) is 12.8. The van der Waals surface area contributed by atoms with Crippen LogP contribution in [-0.2, 0) is 0 Å². The van der Waals surface area contributed by atoms with Crippen molar-refractivity contribution in [1.82, 2.24) is 4.90 Å². The summed E-state index contributed by atoms with van der Waals surface area (Å²) in [5.74, 6) is 1.60. The zero-order valence-electron chi connectivity index (χ0n) is 12.8. The van der Waals surface area contributed by atoms with E-state index in [4.69, 9.17) is 9.47 Å². The second kappa shape index (κ2) is 7.39. The van der Waals surface area contributed by atoms with Crippen molar-refractivity contribution in [3.05, 3.63) is 18.2 Å². The average Bonchev–Trinajstić information content (AvgIpc) is 2.65. The Labute approximate surface area is 122 Å². The predicted molar refractivity (Wildman–Crippen MR) is 82.9 cm³/mol. The van der Waals surface area contributed by atoms with Gasteiger partial charge in [0.15, 0.2) is 11.5 Å². The molecule has 1 N–H and O–H groups in total. The SMILES string of the molecule is CCOc1cc(NC2CCCN(C)CC2)ccc1OC. The van der Waals surface area contributed by atoms with Crippen LogP contribution in [0.25, 0.3) is 0 Å². The number of anilines is 1. The summed E-state index contributed by atoms with van der Waals surface area (Å²) in [6.45, 7) is 4.99. The molecule has 1 fully saturated rings. The van der Waals surface area contributed by atoms with Gasteiger partial charge in [0.1, 0.15) is 0 Å². The molecule has 1 aliphatic rings. The molecular weight excluding hydrogens is 252 g/mol. The lowest BCUT2D eigenvalue weighted by atomic mass is 10.1. The first-order valence-corrected chi connectivity index (χ1v) is 7.49. The Morgan fingerprint density at radius 2 is 2.10 bits per heavy atom. The van der Waals surface area contributed by atoms with Crippen LogP contribution in [0.1, 0.15) is 26.2 Å². The summed E-state index contributed by atoms with van der Waals surface area (Å²) in [4.78, 5) is 2.40. The minimum Gasteiger partial charge on any atom is -0.493 e. The number of hydrogen-bond acceptors (Lipinski definition) is 4. The van der Waals surface area contributed by atoms with Gasteiger partial charge in [-0.3, -0.25) is 0 Å². The highest BCUT2D eigenvalue weighted by molar-refractivity contribution is 5.55. The van der Waals surface area contributed by atoms with Gasteiger partial charge in [0.2, 0.25) is 0 Å². The number of rotatable bonds is 5. The van der Waals surface area contributed by atoms with Gasteiger partial charge < -0.3 is 19.7 Å². The zero-order chi connectivity index (χ0) is 14.4. The molecule has 1 atom stereocenters. The van der Waals surface area contributed by atoms with Crippen molar-refractivity contribution in [2.24, 2.45) is 0 Å². The number of ether oxygens (including phenoxy) is 2. The first-order chi connectivity index (χ1) is 9.72. The largest absolute Gasteiger partial charge is 0.493 e. The van der Waals surface area contributed by atoms with E-state index in [1.54, 1.807) is 7.11 Å². The van der Waals surface area contributed by atoms with Gasteiger partial charge >= 0.3 is 0 Å².